The van der Waals surface area contributed by atoms with Gasteiger partial charge >= 0.3 is 0 Å². The van der Waals surface area contributed by atoms with Crippen LogP contribution in [0.25, 0.3) is 0 Å². The normalized spacial score (nSPS) is 20.6. The van der Waals surface area contributed by atoms with Gasteiger partial charge in [0.25, 0.3) is 0 Å². The highest BCUT2D eigenvalue weighted by Crippen LogP contribution is 2.20. The number of aliphatic imine (C=N–C) groups is 1. The van der Waals surface area contributed by atoms with Crippen molar-refractivity contribution in [1.29, 1.82) is 0 Å². The molecule has 0 aromatic carbocycles. The van der Waals surface area contributed by atoms with E-state index in [0.717, 1.165) is 32.1 Å². The number of hydrogen-bond acceptors (Lipinski definition) is 6. The molecule has 25 heavy (non-hydrogen) atoms. The topological polar surface area (TPSA) is 108 Å². The Morgan fingerprint density at radius 2 is 1.88 bits per heavy atom. The molecule has 3 rings (SSSR count). The highest BCUT2D eigenvalue weighted by Gasteiger charge is 2.34. The summed E-state index contributed by atoms with van der Waals surface area (Å²) in [7, 11) is -3.06. The van der Waals surface area contributed by atoms with Crippen LogP contribution in [0.1, 0.15) is 6.92 Å². The minimum Gasteiger partial charge on any atom is -0.370 e. The summed E-state index contributed by atoms with van der Waals surface area (Å²) in [6, 6.07) is 1.80. The number of hydrogen-bond donors (Lipinski definition) is 1. The molecule has 1 aromatic rings. The summed E-state index contributed by atoms with van der Waals surface area (Å²) in [4.78, 5) is 17.2. The van der Waals surface area contributed by atoms with Crippen molar-refractivity contribution >= 4 is 21.9 Å². The molecule has 3 heterocycles. The number of sulfonamides is 1. The molecular formula is C15H25N7O2S. The molecule has 2 fully saturated rings. The van der Waals surface area contributed by atoms with Crippen LogP contribution < -0.4 is 10.6 Å². The lowest BCUT2D eigenvalue weighted by atomic mass is 10.0. The smallest absolute Gasteiger partial charge is 0.225 e. The van der Waals surface area contributed by atoms with Crippen molar-refractivity contribution in [3.63, 3.8) is 0 Å². The van der Waals surface area contributed by atoms with Crippen LogP contribution in [0.2, 0.25) is 0 Å². The third-order valence-electron chi connectivity index (χ3n) is 4.63. The first-order chi connectivity index (χ1) is 12.0. The lowest BCUT2D eigenvalue weighted by Crippen LogP contribution is -2.53. The van der Waals surface area contributed by atoms with E-state index in [0.29, 0.717) is 25.6 Å². The summed E-state index contributed by atoms with van der Waals surface area (Å²) >= 11 is 0. The molecule has 0 atom stereocenters. The average Bonchev–Trinajstić information content (AvgIpc) is 2.61. The van der Waals surface area contributed by atoms with Crippen LogP contribution in [-0.4, -0.2) is 85.1 Å². The Hall–Kier alpha value is -1.94. The van der Waals surface area contributed by atoms with E-state index in [1.54, 1.807) is 25.4 Å². The van der Waals surface area contributed by atoms with Crippen molar-refractivity contribution in [3.05, 3.63) is 18.5 Å². The van der Waals surface area contributed by atoms with Crippen LogP contribution in [0, 0.1) is 5.92 Å². The van der Waals surface area contributed by atoms with Crippen molar-refractivity contribution in [2.75, 3.05) is 56.5 Å². The first kappa shape index (κ1) is 17.9. The minimum atomic E-state index is -3.06. The van der Waals surface area contributed by atoms with Crippen LogP contribution in [-0.2, 0) is 10.0 Å². The molecule has 10 heteroatoms. The van der Waals surface area contributed by atoms with E-state index < -0.39 is 10.0 Å². The Kier molecular flexibility index (Phi) is 5.38. The van der Waals surface area contributed by atoms with E-state index in [-0.39, 0.29) is 11.7 Å². The first-order valence-electron chi connectivity index (χ1n) is 8.54. The predicted octanol–water partition coefficient (Wildman–Crippen LogP) is -0.805. The van der Waals surface area contributed by atoms with E-state index in [4.69, 9.17) is 5.73 Å². The highest BCUT2D eigenvalue weighted by molar-refractivity contribution is 7.89. The second kappa shape index (κ2) is 7.52. The second-order valence-corrected chi connectivity index (χ2v) is 8.56. The fraction of sp³-hybridized carbons (Fsp3) is 0.667. The maximum absolute atomic E-state index is 11.7. The quantitative estimate of drug-likeness (QED) is 0.536. The predicted molar refractivity (Wildman–Crippen MR) is 96.8 cm³/mol. The Balaban J connectivity index is 1.44. The van der Waals surface area contributed by atoms with Crippen molar-refractivity contribution in [3.8, 4) is 0 Å². The van der Waals surface area contributed by atoms with Gasteiger partial charge in [0.2, 0.25) is 16.0 Å². The Labute approximate surface area is 148 Å². The van der Waals surface area contributed by atoms with Gasteiger partial charge in [-0.1, -0.05) is 0 Å². The Morgan fingerprint density at radius 3 is 2.48 bits per heavy atom. The van der Waals surface area contributed by atoms with Crippen LogP contribution in [0.5, 0.6) is 0 Å². The van der Waals surface area contributed by atoms with E-state index in [9.17, 15) is 8.42 Å². The molecule has 0 amide bonds. The minimum absolute atomic E-state index is 0.153. The number of nitrogens with two attached hydrogens (primary N) is 1. The molecule has 2 saturated heterocycles. The molecule has 2 aliphatic heterocycles. The molecule has 2 aliphatic rings. The molecule has 9 nitrogen and oxygen atoms in total. The molecular weight excluding hydrogens is 342 g/mol. The fourth-order valence-corrected chi connectivity index (χ4v) is 4.20. The Bertz CT molecular complexity index is 696. The van der Waals surface area contributed by atoms with Gasteiger partial charge in [-0.05, 0) is 13.0 Å². The largest absolute Gasteiger partial charge is 0.370 e. The van der Waals surface area contributed by atoms with Gasteiger partial charge in [0.05, 0.1) is 5.75 Å². The van der Waals surface area contributed by atoms with Gasteiger partial charge in [-0.15, -0.1) is 0 Å². The zero-order chi connectivity index (χ0) is 17.9. The number of guanidine groups is 1. The molecule has 0 radical (unpaired) electrons. The number of nitrogens with zero attached hydrogens (tertiary/aromatic N) is 6. The van der Waals surface area contributed by atoms with Crippen molar-refractivity contribution < 1.29 is 8.42 Å². The van der Waals surface area contributed by atoms with Crippen LogP contribution in [0.15, 0.2) is 23.5 Å². The van der Waals surface area contributed by atoms with E-state index in [1.165, 1.54) is 4.31 Å². The summed E-state index contributed by atoms with van der Waals surface area (Å²) in [6.07, 6.45) is 3.48. The molecule has 0 unspecified atom stereocenters. The summed E-state index contributed by atoms with van der Waals surface area (Å²) < 4.78 is 24.9. The standard InChI is InChI=1S/C15H25N7O2S/c1-2-25(23,24)22-11-13(12-22)10-19-14(16)20-6-8-21(9-7-20)15-17-4-3-5-18-15/h3-5,13H,2,6-12H2,1H3,(H2,16,19). The van der Waals surface area contributed by atoms with Gasteiger partial charge in [-0.2, -0.15) is 0 Å². The van der Waals surface area contributed by atoms with Gasteiger partial charge < -0.3 is 15.5 Å². The molecule has 0 spiro atoms. The molecule has 0 aliphatic carbocycles. The number of rotatable bonds is 5. The molecule has 138 valence electrons. The zero-order valence-electron chi connectivity index (χ0n) is 14.5. The maximum atomic E-state index is 11.7. The average molecular weight is 367 g/mol. The third kappa shape index (κ3) is 4.18. The summed E-state index contributed by atoms with van der Waals surface area (Å²) in [5.74, 6) is 1.69. The maximum Gasteiger partial charge on any atom is 0.225 e. The number of piperazine rings is 1. The van der Waals surface area contributed by atoms with E-state index in [2.05, 4.69) is 24.8 Å². The van der Waals surface area contributed by atoms with Gasteiger partial charge in [-0.25, -0.2) is 22.7 Å². The lowest BCUT2D eigenvalue weighted by Gasteiger charge is -2.38. The van der Waals surface area contributed by atoms with Crippen LogP contribution >= 0.6 is 0 Å². The lowest BCUT2D eigenvalue weighted by molar-refractivity contribution is 0.207. The zero-order valence-corrected chi connectivity index (χ0v) is 15.3. The van der Waals surface area contributed by atoms with Gasteiger partial charge in [-0.3, -0.25) is 4.99 Å². The summed E-state index contributed by atoms with van der Waals surface area (Å²) in [5.41, 5.74) is 6.10. The van der Waals surface area contributed by atoms with E-state index in [1.807, 2.05) is 0 Å². The monoisotopic (exact) mass is 367 g/mol. The van der Waals surface area contributed by atoms with Crippen LogP contribution in [0.3, 0.4) is 0 Å². The molecule has 0 bridgehead atoms. The molecule has 1 aromatic heterocycles. The SMILES string of the molecule is CCS(=O)(=O)N1CC(CN=C(N)N2CCN(c3ncccn3)CC2)C1. The number of anilines is 1. The Morgan fingerprint density at radius 1 is 1.24 bits per heavy atom. The van der Waals surface area contributed by atoms with Crippen LogP contribution in [0.4, 0.5) is 5.95 Å². The van der Waals surface area contributed by atoms with Crippen molar-refractivity contribution in [2.45, 2.75) is 6.92 Å². The summed E-state index contributed by atoms with van der Waals surface area (Å²) in [5, 5.41) is 0. The third-order valence-corrected chi connectivity index (χ3v) is 6.45. The molecule has 0 saturated carbocycles. The van der Waals surface area contributed by atoms with Crippen molar-refractivity contribution in [1.82, 2.24) is 19.2 Å². The second-order valence-electron chi connectivity index (χ2n) is 6.31. The van der Waals surface area contributed by atoms with Gasteiger partial charge in [0.15, 0.2) is 5.96 Å². The van der Waals surface area contributed by atoms with E-state index >= 15 is 0 Å². The highest BCUT2D eigenvalue weighted by atomic mass is 32.2. The number of aromatic nitrogens is 2. The van der Waals surface area contributed by atoms with Crippen molar-refractivity contribution in [2.24, 2.45) is 16.6 Å². The molecule has 2 N–H and O–H groups in total. The van der Waals surface area contributed by atoms with Gasteiger partial charge in [0, 0.05) is 64.1 Å². The summed E-state index contributed by atoms with van der Waals surface area (Å²) in [6.45, 7) is 6.47. The fourth-order valence-electron chi connectivity index (χ4n) is 2.96. The van der Waals surface area contributed by atoms with Gasteiger partial charge in [0.1, 0.15) is 0 Å². The first-order valence-corrected chi connectivity index (χ1v) is 10.1.